The van der Waals surface area contributed by atoms with Crippen LogP contribution in [-0.4, -0.2) is 27.1 Å². The van der Waals surface area contributed by atoms with E-state index < -0.39 is 0 Å². The van der Waals surface area contributed by atoms with E-state index in [1.807, 2.05) is 0 Å². The predicted molar refractivity (Wildman–Crippen MR) is 68.9 cm³/mol. The van der Waals surface area contributed by atoms with Crippen LogP contribution in [0.5, 0.6) is 0 Å². The lowest BCUT2D eigenvalue weighted by Crippen LogP contribution is -2.19. The van der Waals surface area contributed by atoms with Gasteiger partial charge in [-0.25, -0.2) is 0 Å². The first-order valence-electron chi connectivity index (χ1n) is 5.37. The van der Waals surface area contributed by atoms with E-state index in [1.54, 1.807) is 24.3 Å². The topological polar surface area (TPSA) is 113 Å². The van der Waals surface area contributed by atoms with Gasteiger partial charge >= 0.3 is 0 Å². The summed E-state index contributed by atoms with van der Waals surface area (Å²) in [6.45, 7) is 0. The Labute approximate surface area is 108 Å². The summed E-state index contributed by atoms with van der Waals surface area (Å²) in [5.41, 5.74) is 6.78. The summed E-state index contributed by atoms with van der Waals surface area (Å²) in [5.74, 6) is -0.433. The second kappa shape index (κ2) is 5.58. The summed E-state index contributed by atoms with van der Waals surface area (Å²) in [4.78, 5) is 12.0. The SMILES string of the molecule is N/C(=N/O)c1ccccc1NC(=O)c1ccnnc1. The lowest BCUT2D eigenvalue weighted by atomic mass is 10.1. The first kappa shape index (κ1) is 12.5. The van der Waals surface area contributed by atoms with Gasteiger partial charge in [0, 0.05) is 5.56 Å². The van der Waals surface area contributed by atoms with E-state index in [0.29, 0.717) is 16.8 Å². The van der Waals surface area contributed by atoms with Crippen molar-refractivity contribution in [2.75, 3.05) is 5.32 Å². The van der Waals surface area contributed by atoms with E-state index in [1.165, 1.54) is 18.5 Å². The van der Waals surface area contributed by atoms with Gasteiger partial charge in [0.25, 0.3) is 5.91 Å². The number of rotatable bonds is 3. The maximum atomic E-state index is 12.0. The first-order chi connectivity index (χ1) is 9.22. The Morgan fingerprint density at radius 1 is 1.26 bits per heavy atom. The molecule has 96 valence electrons. The largest absolute Gasteiger partial charge is 0.409 e. The zero-order chi connectivity index (χ0) is 13.7. The van der Waals surface area contributed by atoms with Crippen molar-refractivity contribution in [2.24, 2.45) is 10.9 Å². The Hall–Kier alpha value is -2.96. The third kappa shape index (κ3) is 2.83. The minimum atomic E-state index is -0.354. The summed E-state index contributed by atoms with van der Waals surface area (Å²) in [5, 5.41) is 21.5. The molecule has 0 aliphatic carbocycles. The van der Waals surface area contributed by atoms with Gasteiger partial charge in [-0.05, 0) is 18.2 Å². The Balaban J connectivity index is 2.27. The van der Waals surface area contributed by atoms with Crippen LogP contribution >= 0.6 is 0 Å². The van der Waals surface area contributed by atoms with Gasteiger partial charge in [-0.15, -0.1) is 0 Å². The number of anilines is 1. The number of amides is 1. The molecule has 1 aromatic heterocycles. The normalized spacial score (nSPS) is 11.1. The number of hydrogen-bond acceptors (Lipinski definition) is 5. The van der Waals surface area contributed by atoms with Crippen molar-refractivity contribution in [1.82, 2.24) is 10.2 Å². The van der Waals surface area contributed by atoms with Crippen LogP contribution in [0, 0.1) is 0 Å². The molecule has 0 aliphatic rings. The van der Waals surface area contributed by atoms with Crippen molar-refractivity contribution < 1.29 is 10.0 Å². The van der Waals surface area contributed by atoms with Gasteiger partial charge in [0.15, 0.2) is 5.84 Å². The van der Waals surface area contributed by atoms with Gasteiger partial charge in [-0.1, -0.05) is 17.3 Å². The molecule has 0 saturated heterocycles. The molecule has 0 radical (unpaired) electrons. The van der Waals surface area contributed by atoms with E-state index in [-0.39, 0.29) is 11.7 Å². The van der Waals surface area contributed by atoms with Gasteiger partial charge in [-0.3, -0.25) is 4.79 Å². The molecule has 7 nitrogen and oxygen atoms in total. The van der Waals surface area contributed by atoms with Gasteiger partial charge in [-0.2, -0.15) is 10.2 Å². The average Bonchev–Trinajstić information content (AvgIpc) is 2.48. The maximum Gasteiger partial charge on any atom is 0.257 e. The summed E-state index contributed by atoms with van der Waals surface area (Å²) in [7, 11) is 0. The van der Waals surface area contributed by atoms with Crippen LogP contribution in [0.4, 0.5) is 5.69 Å². The van der Waals surface area contributed by atoms with E-state index >= 15 is 0 Å². The molecule has 0 unspecified atom stereocenters. The van der Waals surface area contributed by atoms with Gasteiger partial charge in [0.1, 0.15) is 0 Å². The number of benzene rings is 1. The fraction of sp³-hybridized carbons (Fsp3) is 0. The van der Waals surface area contributed by atoms with Crippen LogP contribution in [-0.2, 0) is 0 Å². The van der Waals surface area contributed by atoms with Crippen molar-refractivity contribution >= 4 is 17.4 Å². The Morgan fingerprint density at radius 3 is 2.74 bits per heavy atom. The first-order valence-corrected chi connectivity index (χ1v) is 5.37. The van der Waals surface area contributed by atoms with E-state index in [0.717, 1.165) is 0 Å². The number of oxime groups is 1. The predicted octanol–water partition coefficient (Wildman–Crippen LogP) is 0.823. The number of amidine groups is 1. The number of para-hydroxylation sites is 1. The molecule has 0 aliphatic heterocycles. The molecule has 2 rings (SSSR count). The Kier molecular flexibility index (Phi) is 3.67. The van der Waals surface area contributed by atoms with Crippen LogP contribution in [0.1, 0.15) is 15.9 Å². The van der Waals surface area contributed by atoms with Gasteiger partial charge < -0.3 is 16.3 Å². The zero-order valence-electron chi connectivity index (χ0n) is 9.82. The zero-order valence-corrected chi connectivity index (χ0v) is 9.82. The molecule has 0 atom stereocenters. The number of nitrogens with one attached hydrogen (secondary N) is 1. The van der Waals surface area contributed by atoms with E-state index in [4.69, 9.17) is 10.9 Å². The molecule has 4 N–H and O–H groups in total. The third-order valence-electron chi connectivity index (χ3n) is 2.41. The lowest BCUT2D eigenvalue weighted by molar-refractivity contribution is 0.102. The van der Waals surface area contributed by atoms with Crippen LogP contribution < -0.4 is 11.1 Å². The fourth-order valence-corrected chi connectivity index (χ4v) is 1.49. The molecule has 2 aromatic rings. The molecular formula is C12H11N5O2. The standard InChI is InChI=1S/C12H11N5O2/c13-11(17-19)9-3-1-2-4-10(9)16-12(18)8-5-6-14-15-7-8/h1-7,19H,(H2,13,17)(H,16,18). The summed E-state index contributed by atoms with van der Waals surface area (Å²) in [6, 6.07) is 8.27. The Bertz CT molecular complexity index is 613. The highest BCUT2D eigenvalue weighted by Crippen LogP contribution is 2.15. The van der Waals surface area contributed by atoms with E-state index in [9.17, 15) is 4.79 Å². The highest BCUT2D eigenvalue weighted by molar-refractivity contribution is 6.09. The summed E-state index contributed by atoms with van der Waals surface area (Å²) < 4.78 is 0. The van der Waals surface area contributed by atoms with Crippen LogP contribution in [0.2, 0.25) is 0 Å². The molecular weight excluding hydrogens is 246 g/mol. The summed E-state index contributed by atoms with van der Waals surface area (Å²) in [6.07, 6.45) is 2.77. The lowest BCUT2D eigenvalue weighted by Gasteiger charge is -2.09. The highest BCUT2D eigenvalue weighted by Gasteiger charge is 2.11. The monoisotopic (exact) mass is 257 g/mol. The molecule has 0 saturated carbocycles. The minimum absolute atomic E-state index is 0.0799. The number of carbonyl (C=O) groups is 1. The molecule has 7 heteroatoms. The number of nitrogens with two attached hydrogens (primary N) is 1. The maximum absolute atomic E-state index is 12.0. The molecule has 0 spiro atoms. The number of aromatic nitrogens is 2. The van der Waals surface area contributed by atoms with Crippen molar-refractivity contribution in [1.29, 1.82) is 0 Å². The number of hydrogen-bond donors (Lipinski definition) is 3. The molecule has 0 fully saturated rings. The highest BCUT2D eigenvalue weighted by atomic mass is 16.4. The molecule has 0 bridgehead atoms. The minimum Gasteiger partial charge on any atom is -0.409 e. The average molecular weight is 257 g/mol. The van der Waals surface area contributed by atoms with Crippen LogP contribution in [0.15, 0.2) is 47.9 Å². The third-order valence-corrected chi connectivity index (χ3v) is 2.41. The van der Waals surface area contributed by atoms with Crippen molar-refractivity contribution in [3.05, 3.63) is 53.9 Å². The second-order valence-corrected chi connectivity index (χ2v) is 3.62. The van der Waals surface area contributed by atoms with Crippen molar-refractivity contribution in [2.45, 2.75) is 0 Å². The summed E-state index contributed by atoms with van der Waals surface area (Å²) >= 11 is 0. The molecule has 19 heavy (non-hydrogen) atoms. The Morgan fingerprint density at radius 2 is 2.05 bits per heavy atom. The van der Waals surface area contributed by atoms with Gasteiger partial charge in [0.2, 0.25) is 0 Å². The fourth-order valence-electron chi connectivity index (χ4n) is 1.49. The van der Waals surface area contributed by atoms with Crippen molar-refractivity contribution in [3.8, 4) is 0 Å². The molecule has 1 heterocycles. The molecule has 1 aromatic carbocycles. The quantitative estimate of drug-likeness (QED) is 0.326. The smallest absolute Gasteiger partial charge is 0.257 e. The number of carbonyl (C=O) groups excluding carboxylic acids is 1. The van der Waals surface area contributed by atoms with Crippen LogP contribution in [0.3, 0.4) is 0 Å². The number of nitrogens with zero attached hydrogens (tertiary/aromatic N) is 3. The van der Waals surface area contributed by atoms with Crippen molar-refractivity contribution in [3.63, 3.8) is 0 Å². The van der Waals surface area contributed by atoms with Crippen LogP contribution in [0.25, 0.3) is 0 Å². The van der Waals surface area contributed by atoms with E-state index in [2.05, 4.69) is 20.7 Å². The molecule has 1 amide bonds. The van der Waals surface area contributed by atoms with Gasteiger partial charge in [0.05, 0.1) is 23.6 Å². The second-order valence-electron chi connectivity index (χ2n) is 3.62.